The number of carboxylic acid groups (broad SMARTS) is 1. The van der Waals surface area contributed by atoms with Gasteiger partial charge in [-0.15, -0.1) is 0 Å². The molecular weight excluding hydrogens is 301 g/mol. The number of hydrogen-bond acceptors (Lipinski definition) is 6. The van der Waals surface area contributed by atoms with Crippen molar-refractivity contribution in [1.82, 2.24) is 5.32 Å². The summed E-state index contributed by atoms with van der Waals surface area (Å²) in [5.74, 6) is -1.16. The van der Waals surface area contributed by atoms with Gasteiger partial charge in [0.25, 0.3) is 0 Å². The van der Waals surface area contributed by atoms with Crippen molar-refractivity contribution in [2.45, 2.75) is 52.7 Å². The minimum atomic E-state index is -1.71. The first-order valence-electron chi connectivity index (χ1n) is 6.33. The van der Waals surface area contributed by atoms with Gasteiger partial charge in [-0.05, 0) is 41.5 Å². The van der Waals surface area contributed by atoms with E-state index in [9.17, 15) is 9.59 Å². The van der Waals surface area contributed by atoms with E-state index < -0.39 is 45.2 Å². The van der Waals surface area contributed by atoms with Crippen molar-refractivity contribution >= 4 is 20.7 Å². The van der Waals surface area contributed by atoms with Gasteiger partial charge in [0, 0.05) is 0 Å². The lowest BCUT2D eigenvalue weighted by Gasteiger charge is -2.30. The van der Waals surface area contributed by atoms with Gasteiger partial charge in [0.05, 0.1) is 11.2 Å². The molecule has 0 aromatic rings. The number of aliphatic carboxylic acids is 1. The highest BCUT2D eigenvalue weighted by Gasteiger charge is 2.27. The van der Waals surface area contributed by atoms with Gasteiger partial charge in [-0.3, -0.25) is 9.32 Å². The predicted molar refractivity (Wildman–Crippen MR) is 76.7 cm³/mol. The van der Waals surface area contributed by atoms with Crippen LogP contribution in [0.5, 0.6) is 0 Å². The Kier molecular flexibility index (Phi) is 8.10. The molecule has 0 bridgehead atoms. The van der Waals surface area contributed by atoms with Crippen LogP contribution in [0.25, 0.3) is 0 Å². The molecule has 0 aliphatic heterocycles. The highest BCUT2D eigenvalue weighted by atomic mass is 31.2. The Morgan fingerprint density at radius 1 is 1.05 bits per heavy atom. The number of carbonyl (C=O) groups excluding carboxylic acids is 1. The SMILES string of the molecule is CC(C)(C)OP(OCOC(=O)NCC(=O)O)OC(C)(C)C. The summed E-state index contributed by atoms with van der Waals surface area (Å²) < 4.78 is 21.2. The lowest BCUT2D eigenvalue weighted by molar-refractivity contribution is -0.135. The van der Waals surface area contributed by atoms with E-state index in [1.54, 1.807) is 0 Å². The maximum absolute atomic E-state index is 11.1. The summed E-state index contributed by atoms with van der Waals surface area (Å²) >= 11 is 0. The second-order valence-electron chi connectivity index (χ2n) is 6.06. The van der Waals surface area contributed by atoms with Gasteiger partial charge in [0.15, 0.2) is 0 Å². The number of nitrogens with one attached hydrogen (secondary N) is 1. The molecule has 0 unspecified atom stereocenters. The maximum Gasteiger partial charge on any atom is 0.409 e. The van der Waals surface area contributed by atoms with E-state index in [1.165, 1.54) is 0 Å². The van der Waals surface area contributed by atoms with Gasteiger partial charge in [-0.2, -0.15) is 0 Å². The number of carboxylic acids is 1. The van der Waals surface area contributed by atoms with E-state index >= 15 is 0 Å². The molecule has 21 heavy (non-hydrogen) atoms. The molecular formula is C12H24NO7P. The summed E-state index contributed by atoms with van der Waals surface area (Å²) in [7, 11) is -1.71. The Hall–Kier alpha value is -0.950. The van der Waals surface area contributed by atoms with E-state index in [2.05, 4.69) is 4.74 Å². The van der Waals surface area contributed by atoms with Crippen molar-refractivity contribution in [3.8, 4) is 0 Å². The molecule has 0 atom stereocenters. The standard InChI is InChI=1S/C12H24NO7P/c1-11(2,3)19-21(20-12(4,5)6)18-8-17-10(16)13-7-9(14)15/h7-8H2,1-6H3,(H,13,16)(H,14,15). The van der Waals surface area contributed by atoms with Crippen molar-refractivity contribution in [3.63, 3.8) is 0 Å². The van der Waals surface area contributed by atoms with Crippen LogP contribution >= 0.6 is 8.60 Å². The van der Waals surface area contributed by atoms with E-state index in [0.29, 0.717) is 0 Å². The van der Waals surface area contributed by atoms with Crippen LogP contribution in [0.3, 0.4) is 0 Å². The smallest absolute Gasteiger partial charge is 0.409 e. The van der Waals surface area contributed by atoms with E-state index in [0.717, 1.165) is 0 Å². The van der Waals surface area contributed by atoms with E-state index in [-0.39, 0.29) is 0 Å². The minimum absolute atomic E-state index is 0.399. The third kappa shape index (κ3) is 13.8. The fourth-order valence-corrected chi connectivity index (χ4v) is 2.02. The summed E-state index contributed by atoms with van der Waals surface area (Å²) in [4.78, 5) is 21.4. The zero-order valence-electron chi connectivity index (χ0n) is 13.3. The molecule has 0 aromatic heterocycles. The van der Waals surface area contributed by atoms with Crippen LogP contribution in [-0.2, 0) is 23.1 Å². The zero-order chi connectivity index (χ0) is 16.7. The summed E-state index contributed by atoms with van der Waals surface area (Å²) in [5.41, 5.74) is -0.967. The molecule has 0 aliphatic rings. The van der Waals surface area contributed by atoms with Crippen LogP contribution in [0.15, 0.2) is 0 Å². The number of ether oxygens (including phenoxy) is 1. The van der Waals surface area contributed by atoms with Crippen molar-refractivity contribution in [2.24, 2.45) is 0 Å². The molecule has 0 rings (SSSR count). The molecule has 0 saturated carbocycles. The molecule has 0 aromatic carbocycles. The minimum Gasteiger partial charge on any atom is -0.480 e. The second-order valence-corrected chi connectivity index (χ2v) is 7.13. The Labute approximate surface area is 126 Å². The fourth-order valence-electron chi connectivity index (χ4n) is 0.840. The Morgan fingerprint density at radius 2 is 1.52 bits per heavy atom. The van der Waals surface area contributed by atoms with Gasteiger partial charge in [-0.1, -0.05) is 0 Å². The summed E-state index contributed by atoms with van der Waals surface area (Å²) in [6.07, 6.45) is -0.890. The highest BCUT2D eigenvalue weighted by molar-refractivity contribution is 7.41. The third-order valence-corrected chi connectivity index (χ3v) is 3.14. The van der Waals surface area contributed by atoms with Gasteiger partial charge < -0.3 is 24.2 Å². The van der Waals surface area contributed by atoms with Gasteiger partial charge in [0.1, 0.15) is 6.54 Å². The van der Waals surface area contributed by atoms with Gasteiger partial charge in [0.2, 0.25) is 6.79 Å². The molecule has 9 heteroatoms. The zero-order valence-corrected chi connectivity index (χ0v) is 14.2. The summed E-state index contributed by atoms with van der Waals surface area (Å²) in [5, 5.41) is 10.4. The van der Waals surface area contributed by atoms with Crippen molar-refractivity contribution in [3.05, 3.63) is 0 Å². The van der Waals surface area contributed by atoms with Gasteiger partial charge >= 0.3 is 20.7 Å². The average molecular weight is 325 g/mol. The van der Waals surface area contributed by atoms with Crippen molar-refractivity contribution < 1.29 is 33.0 Å². The quantitative estimate of drug-likeness (QED) is 0.548. The summed E-state index contributed by atoms with van der Waals surface area (Å²) in [6, 6.07) is 0. The molecule has 0 heterocycles. The van der Waals surface area contributed by atoms with E-state index in [4.69, 9.17) is 18.7 Å². The van der Waals surface area contributed by atoms with Crippen molar-refractivity contribution in [2.75, 3.05) is 13.3 Å². The first-order chi connectivity index (χ1) is 9.39. The number of amides is 1. The van der Waals surface area contributed by atoms with Crippen LogP contribution in [0.4, 0.5) is 4.79 Å². The lowest BCUT2D eigenvalue weighted by Crippen LogP contribution is -2.30. The fraction of sp³-hybridized carbons (Fsp3) is 0.833. The van der Waals surface area contributed by atoms with Crippen LogP contribution in [0, 0.1) is 0 Å². The second kappa shape index (κ2) is 8.48. The van der Waals surface area contributed by atoms with Crippen molar-refractivity contribution in [1.29, 1.82) is 0 Å². The predicted octanol–water partition coefficient (Wildman–Crippen LogP) is 2.63. The molecule has 1 amide bonds. The Morgan fingerprint density at radius 3 is 1.90 bits per heavy atom. The number of rotatable bonds is 7. The van der Waals surface area contributed by atoms with Crippen LogP contribution < -0.4 is 5.32 Å². The Bertz CT molecular complexity index is 332. The number of carbonyl (C=O) groups is 2. The molecule has 124 valence electrons. The summed E-state index contributed by atoms with van der Waals surface area (Å²) in [6.45, 7) is 10.1. The van der Waals surface area contributed by atoms with Crippen LogP contribution in [0.2, 0.25) is 0 Å². The molecule has 0 aliphatic carbocycles. The van der Waals surface area contributed by atoms with Gasteiger partial charge in [-0.25, -0.2) is 4.79 Å². The van der Waals surface area contributed by atoms with Crippen LogP contribution in [-0.4, -0.2) is 41.7 Å². The molecule has 0 saturated heterocycles. The molecule has 0 spiro atoms. The lowest BCUT2D eigenvalue weighted by atomic mass is 10.2. The molecule has 0 radical (unpaired) electrons. The molecule has 0 fully saturated rings. The monoisotopic (exact) mass is 325 g/mol. The Balaban J connectivity index is 4.23. The molecule has 8 nitrogen and oxygen atoms in total. The number of alkyl carbamates (subject to hydrolysis) is 1. The topological polar surface area (TPSA) is 103 Å². The molecule has 2 N–H and O–H groups in total. The largest absolute Gasteiger partial charge is 0.480 e. The highest BCUT2D eigenvalue weighted by Crippen LogP contribution is 2.47. The number of hydrogen-bond donors (Lipinski definition) is 2. The third-order valence-electron chi connectivity index (χ3n) is 1.43. The average Bonchev–Trinajstić information content (AvgIpc) is 2.21. The first-order valence-corrected chi connectivity index (χ1v) is 7.42. The maximum atomic E-state index is 11.1. The first kappa shape index (κ1) is 20.1. The normalized spacial score (nSPS) is 12.3. The van der Waals surface area contributed by atoms with E-state index in [1.807, 2.05) is 46.9 Å². The van der Waals surface area contributed by atoms with Crippen LogP contribution in [0.1, 0.15) is 41.5 Å².